The van der Waals surface area contributed by atoms with Gasteiger partial charge in [0.25, 0.3) is 0 Å². The summed E-state index contributed by atoms with van der Waals surface area (Å²) in [6, 6.07) is 0. The zero-order chi connectivity index (χ0) is 14.7. The molecule has 0 N–H and O–H groups in total. The van der Waals surface area contributed by atoms with E-state index in [1.54, 1.807) is 0 Å². The molecule has 5 nitrogen and oxygen atoms in total. The Kier molecular flexibility index (Phi) is 4.57. The third-order valence-corrected chi connectivity index (χ3v) is 3.64. The summed E-state index contributed by atoms with van der Waals surface area (Å²) in [6.07, 6.45) is 4.44. The Balaban J connectivity index is 0.000000704. The fraction of sp³-hybridized carbons (Fsp3) is 0.667. The van der Waals surface area contributed by atoms with E-state index < -0.39 is 0 Å². The first kappa shape index (κ1) is 14.8. The Hall–Kier alpha value is -1.65. The van der Waals surface area contributed by atoms with E-state index in [1.165, 1.54) is 12.8 Å². The number of nitrogens with zero attached hydrogens (tertiary/aromatic N) is 5. The highest BCUT2D eigenvalue weighted by Gasteiger charge is 2.21. The van der Waals surface area contributed by atoms with Gasteiger partial charge in [0, 0.05) is 20.1 Å². The number of aryl methyl sites for hydroxylation is 2. The lowest BCUT2D eigenvalue weighted by Crippen LogP contribution is -2.35. The van der Waals surface area contributed by atoms with Gasteiger partial charge in [0.15, 0.2) is 5.65 Å². The quantitative estimate of drug-likeness (QED) is 0.803. The van der Waals surface area contributed by atoms with Gasteiger partial charge in [-0.3, -0.25) is 4.68 Å². The molecule has 3 rings (SSSR count). The highest BCUT2D eigenvalue weighted by Crippen LogP contribution is 2.27. The van der Waals surface area contributed by atoms with Crippen LogP contribution in [0.5, 0.6) is 0 Å². The van der Waals surface area contributed by atoms with Gasteiger partial charge >= 0.3 is 0 Å². The summed E-state index contributed by atoms with van der Waals surface area (Å²) >= 11 is 0. The van der Waals surface area contributed by atoms with E-state index in [0.717, 1.165) is 41.7 Å². The second-order valence-electron chi connectivity index (χ2n) is 5.29. The molecule has 0 amide bonds. The number of hydrogen-bond donors (Lipinski definition) is 0. The predicted octanol–water partition coefficient (Wildman–Crippen LogP) is 2.93. The predicted molar refractivity (Wildman–Crippen MR) is 83.0 cm³/mol. The van der Waals surface area contributed by atoms with Crippen molar-refractivity contribution in [1.82, 2.24) is 19.7 Å². The van der Waals surface area contributed by atoms with Crippen LogP contribution in [0.2, 0.25) is 0 Å². The molecule has 110 valence electrons. The maximum Gasteiger partial charge on any atom is 0.163 e. The number of hydrogen-bond acceptors (Lipinski definition) is 4. The average molecular weight is 275 g/mol. The van der Waals surface area contributed by atoms with E-state index in [4.69, 9.17) is 0 Å². The van der Waals surface area contributed by atoms with Crippen molar-refractivity contribution in [3.8, 4) is 0 Å². The molecule has 1 unspecified atom stereocenters. The Morgan fingerprint density at radius 1 is 1.25 bits per heavy atom. The van der Waals surface area contributed by atoms with Gasteiger partial charge in [-0.2, -0.15) is 5.10 Å². The van der Waals surface area contributed by atoms with Gasteiger partial charge in [0.05, 0.1) is 11.6 Å². The lowest BCUT2D eigenvalue weighted by Gasteiger charge is -2.32. The number of aromatic nitrogens is 4. The minimum absolute atomic E-state index is 0.737. The van der Waals surface area contributed by atoms with Crippen LogP contribution in [0, 0.1) is 12.8 Å². The van der Waals surface area contributed by atoms with Crippen molar-refractivity contribution in [2.24, 2.45) is 13.0 Å². The summed E-state index contributed by atoms with van der Waals surface area (Å²) in [4.78, 5) is 11.5. The van der Waals surface area contributed by atoms with Gasteiger partial charge in [0.1, 0.15) is 11.6 Å². The van der Waals surface area contributed by atoms with Gasteiger partial charge in [0.2, 0.25) is 0 Å². The highest BCUT2D eigenvalue weighted by atomic mass is 15.3. The molecule has 1 fully saturated rings. The van der Waals surface area contributed by atoms with Crippen LogP contribution in [-0.2, 0) is 7.05 Å². The van der Waals surface area contributed by atoms with E-state index in [2.05, 4.69) is 26.9 Å². The molecular formula is C15H25N5. The molecule has 0 aromatic carbocycles. The molecule has 0 radical (unpaired) electrons. The van der Waals surface area contributed by atoms with Crippen molar-refractivity contribution >= 4 is 16.9 Å². The summed E-state index contributed by atoms with van der Waals surface area (Å²) < 4.78 is 1.82. The largest absolute Gasteiger partial charge is 0.356 e. The van der Waals surface area contributed by atoms with Crippen LogP contribution in [0.3, 0.4) is 0 Å². The molecule has 2 aromatic heterocycles. The molecule has 1 saturated heterocycles. The summed E-state index contributed by atoms with van der Waals surface area (Å²) in [5.74, 6) is 2.61. The van der Waals surface area contributed by atoms with Crippen LogP contribution < -0.4 is 4.90 Å². The summed E-state index contributed by atoms with van der Waals surface area (Å²) in [6.45, 7) is 10.4. The lowest BCUT2D eigenvalue weighted by molar-refractivity contribution is 0.445. The van der Waals surface area contributed by atoms with Gasteiger partial charge in [-0.1, -0.05) is 20.8 Å². The van der Waals surface area contributed by atoms with Crippen molar-refractivity contribution in [3.05, 3.63) is 12.0 Å². The van der Waals surface area contributed by atoms with Crippen molar-refractivity contribution in [2.75, 3.05) is 18.0 Å². The Bertz CT molecular complexity index is 575. The average Bonchev–Trinajstić information content (AvgIpc) is 2.82. The molecule has 0 bridgehead atoms. The summed E-state index contributed by atoms with van der Waals surface area (Å²) in [5.41, 5.74) is 0.927. The fourth-order valence-electron chi connectivity index (χ4n) is 2.74. The topological polar surface area (TPSA) is 46.8 Å². The van der Waals surface area contributed by atoms with Crippen LogP contribution in [0.4, 0.5) is 5.82 Å². The van der Waals surface area contributed by atoms with E-state index in [0.29, 0.717) is 0 Å². The Labute approximate surface area is 121 Å². The molecule has 5 heteroatoms. The molecule has 3 heterocycles. The number of anilines is 1. The van der Waals surface area contributed by atoms with Crippen molar-refractivity contribution < 1.29 is 0 Å². The zero-order valence-electron chi connectivity index (χ0n) is 13.2. The minimum Gasteiger partial charge on any atom is -0.356 e. The lowest BCUT2D eigenvalue weighted by atomic mass is 10.0. The van der Waals surface area contributed by atoms with Crippen LogP contribution in [0.15, 0.2) is 6.20 Å². The summed E-state index contributed by atoms with van der Waals surface area (Å²) in [5, 5.41) is 5.37. The van der Waals surface area contributed by atoms with Crippen molar-refractivity contribution in [1.29, 1.82) is 0 Å². The molecule has 20 heavy (non-hydrogen) atoms. The second-order valence-corrected chi connectivity index (χ2v) is 5.29. The third-order valence-electron chi connectivity index (χ3n) is 3.64. The molecule has 1 atom stereocenters. The first-order valence-electron chi connectivity index (χ1n) is 7.56. The van der Waals surface area contributed by atoms with Gasteiger partial charge < -0.3 is 4.90 Å². The molecular weight excluding hydrogens is 250 g/mol. The maximum atomic E-state index is 4.63. The fourth-order valence-corrected chi connectivity index (χ4v) is 2.74. The standard InChI is InChI=1S/C13H19N5.C2H6/c1-9-5-4-6-18(8-9)13-11-7-14-17(3)12(11)15-10(2)16-13;1-2/h7,9H,4-6,8H2,1-3H3;1-2H3. The van der Waals surface area contributed by atoms with E-state index in [-0.39, 0.29) is 0 Å². The van der Waals surface area contributed by atoms with Gasteiger partial charge in [-0.05, 0) is 25.7 Å². The highest BCUT2D eigenvalue weighted by molar-refractivity contribution is 5.87. The molecule has 0 saturated carbocycles. The van der Waals surface area contributed by atoms with Crippen LogP contribution in [-0.4, -0.2) is 32.8 Å². The van der Waals surface area contributed by atoms with Gasteiger partial charge in [-0.15, -0.1) is 0 Å². The Morgan fingerprint density at radius 3 is 2.70 bits per heavy atom. The van der Waals surface area contributed by atoms with E-state index in [1.807, 2.05) is 38.7 Å². The zero-order valence-corrected chi connectivity index (χ0v) is 13.2. The second kappa shape index (κ2) is 6.20. The Morgan fingerprint density at radius 2 is 2.00 bits per heavy atom. The monoisotopic (exact) mass is 275 g/mol. The molecule has 1 aliphatic heterocycles. The van der Waals surface area contributed by atoms with E-state index in [9.17, 15) is 0 Å². The van der Waals surface area contributed by atoms with Crippen molar-refractivity contribution in [3.63, 3.8) is 0 Å². The SMILES string of the molecule is CC.Cc1nc(N2CCCC(C)C2)c2cnn(C)c2n1. The smallest absolute Gasteiger partial charge is 0.163 e. The van der Waals surface area contributed by atoms with Crippen LogP contribution in [0.1, 0.15) is 39.4 Å². The normalized spacial score (nSPS) is 18.9. The first-order valence-corrected chi connectivity index (χ1v) is 7.56. The van der Waals surface area contributed by atoms with Gasteiger partial charge in [-0.25, -0.2) is 9.97 Å². The molecule has 0 aliphatic carbocycles. The molecule has 0 spiro atoms. The van der Waals surface area contributed by atoms with Crippen LogP contribution in [0.25, 0.3) is 11.0 Å². The summed E-state index contributed by atoms with van der Waals surface area (Å²) in [7, 11) is 1.93. The molecule has 1 aliphatic rings. The van der Waals surface area contributed by atoms with Crippen LogP contribution >= 0.6 is 0 Å². The first-order chi connectivity index (χ1) is 9.65. The third kappa shape index (κ3) is 2.76. The number of fused-ring (bicyclic) bond motifs is 1. The maximum absolute atomic E-state index is 4.63. The molecule has 2 aromatic rings. The minimum atomic E-state index is 0.737. The number of rotatable bonds is 1. The van der Waals surface area contributed by atoms with E-state index >= 15 is 0 Å². The van der Waals surface area contributed by atoms with Crippen molar-refractivity contribution in [2.45, 2.75) is 40.5 Å². The number of piperidine rings is 1.